The number of sulfonamides is 1. The summed E-state index contributed by atoms with van der Waals surface area (Å²) < 4.78 is 27.5. The number of nitro groups is 1. The molecule has 112 valence electrons. The highest BCUT2D eigenvalue weighted by Gasteiger charge is 2.24. The number of non-ortho nitro benzene ring substituents is 1. The molecule has 0 bridgehead atoms. The van der Waals surface area contributed by atoms with Gasteiger partial charge >= 0.3 is 0 Å². The number of nitro benzene ring substituents is 1. The van der Waals surface area contributed by atoms with Gasteiger partial charge in [-0.25, -0.2) is 0 Å². The Morgan fingerprint density at radius 3 is 2.67 bits per heavy atom. The standard InChI is InChI=1S/C10H9ClN4O5S/c1-14-10(7(11)5-12-14)21(19,20)13-8-4-6(15(17)18)2-3-9(8)16/h2-5,13,16H,1H3. The minimum absolute atomic E-state index is 0.116. The Kier molecular flexibility index (Phi) is 3.75. The summed E-state index contributed by atoms with van der Waals surface area (Å²) >= 11 is 5.74. The van der Waals surface area contributed by atoms with E-state index < -0.39 is 20.7 Å². The molecule has 0 atom stereocenters. The van der Waals surface area contributed by atoms with E-state index in [-0.39, 0.29) is 21.4 Å². The zero-order chi connectivity index (χ0) is 15.8. The van der Waals surface area contributed by atoms with Crippen molar-refractivity contribution in [1.29, 1.82) is 0 Å². The normalized spacial score (nSPS) is 11.3. The monoisotopic (exact) mass is 332 g/mol. The minimum Gasteiger partial charge on any atom is -0.506 e. The third-order valence-corrected chi connectivity index (χ3v) is 4.40. The highest BCUT2D eigenvalue weighted by molar-refractivity contribution is 7.92. The van der Waals surface area contributed by atoms with Crippen LogP contribution in [0.4, 0.5) is 11.4 Å². The summed E-state index contributed by atoms with van der Waals surface area (Å²) in [6, 6.07) is 2.96. The van der Waals surface area contributed by atoms with Crippen molar-refractivity contribution in [3.8, 4) is 5.75 Å². The maximum atomic E-state index is 12.2. The molecule has 0 aliphatic heterocycles. The quantitative estimate of drug-likeness (QED) is 0.496. The number of aryl methyl sites for hydroxylation is 1. The highest BCUT2D eigenvalue weighted by Crippen LogP contribution is 2.31. The van der Waals surface area contributed by atoms with Gasteiger partial charge in [0.2, 0.25) is 0 Å². The van der Waals surface area contributed by atoms with Gasteiger partial charge in [-0.15, -0.1) is 0 Å². The van der Waals surface area contributed by atoms with E-state index in [1.54, 1.807) is 0 Å². The fourth-order valence-corrected chi connectivity index (χ4v) is 3.34. The predicted molar refractivity (Wildman–Crippen MR) is 73.8 cm³/mol. The first-order valence-electron chi connectivity index (χ1n) is 5.40. The van der Waals surface area contributed by atoms with Crippen LogP contribution in [-0.4, -0.2) is 28.2 Å². The van der Waals surface area contributed by atoms with E-state index in [1.165, 1.54) is 7.05 Å². The molecular formula is C10H9ClN4O5S. The topological polar surface area (TPSA) is 127 Å². The van der Waals surface area contributed by atoms with E-state index >= 15 is 0 Å². The molecule has 0 unspecified atom stereocenters. The van der Waals surface area contributed by atoms with Crippen LogP contribution in [0.3, 0.4) is 0 Å². The zero-order valence-electron chi connectivity index (χ0n) is 10.5. The number of nitrogens with zero attached hydrogens (tertiary/aromatic N) is 3. The molecule has 1 heterocycles. The molecule has 0 fully saturated rings. The van der Waals surface area contributed by atoms with E-state index in [9.17, 15) is 23.6 Å². The van der Waals surface area contributed by atoms with Crippen LogP contribution in [0.1, 0.15) is 0 Å². The van der Waals surface area contributed by atoms with Crippen LogP contribution in [0.2, 0.25) is 5.02 Å². The maximum absolute atomic E-state index is 12.2. The van der Waals surface area contributed by atoms with Crippen LogP contribution in [0.15, 0.2) is 29.4 Å². The van der Waals surface area contributed by atoms with Crippen LogP contribution >= 0.6 is 11.6 Å². The summed E-state index contributed by atoms with van der Waals surface area (Å²) in [6.45, 7) is 0. The van der Waals surface area contributed by atoms with Crippen LogP contribution in [0.5, 0.6) is 5.75 Å². The Morgan fingerprint density at radius 1 is 1.48 bits per heavy atom. The second-order valence-electron chi connectivity index (χ2n) is 3.99. The highest BCUT2D eigenvalue weighted by atomic mass is 35.5. The summed E-state index contributed by atoms with van der Waals surface area (Å²) in [7, 11) is -2.79. The Labute approximate surface area is 124 Å². The number of rotatable bonds is 4. The number of halogens is 1. The van der Waals surface area contributed by atoms with E-state index in [2.05, 4.69) is 5.10 Å². The summed E-state index contributed by atoms with van der Waals surface area (Å²) in [5.74, 6) is -0.456. The Morgan fingerprint density at radius 2 is 2.14 bits per heavy atom. The molecule has 1 aromatic heterocycles. The third-order valence-electron chi connectivity index (χ3n) is 2.53. The van der Waals surface area contributed by atoms with E-state index in [4.69, 9.17) is 11.6 Å². The summed E-state index contributed by atoms with van der Waals surface area (Å²) in [6.07, 6.45) is 1.14. The van der Waals surface area contributed by atoms with Gasteiger partial charge in [0.15, 0.2) is 5.03 Å². The van der Waals surface area contributed by atoms with Crippen molar-refractivity contribution < 1.29 is 18.4 Å². The van der Waals surface area contributed by atoms with Crippen LogP contribution in [0.25, 0.3) is 0 Å². The number of benzene rings is 1. The fourth-order valence-electron chi connectivity index (χ4n) is 1.61. The van der Waals surface area contributed by atoms with Gasteiger partial charge in [0.05, 0.1) is 21.8 Å². The number of hydrogen-bond acceptors (Lipinski definition) is 6. The lowest BCUT2D eigenvalue weighted by Crippen LogP contribution is -2.17. The van der Waals surface area contributed by atoms with Crippen molar-refractivity contribution in [3.63, 3.8) is 0 Å². The van der Waals surface area contributed by atoms with Gasteiger partial charge in [0.1, 0.15) is 5.75 Å². The molecule has 21 heavy (non-hydrogen) atoms. The van der Waals surface area contributed by atoms with Crippen molar-refractivity contribution in [2.75, 3.05) is 4.72 Å². The largest absolute Gasteiger partial charge is 0.506 e. The molecule has 0 spiro atoms. The van der Waals surface area contributed by atoms with Crippen molar-refractivity contribution in [2.24, 2.45) is 7.05 Å². The summed E-state index contributed by atoms with van der Waals surface area (Å²) in [4.78, 5) is 9.96. The number of nitrogens with one attached hydrogen (secondary N) is 1. The third kappa shape index (κ3) is 2.90. The molecule has 0 saturated heterocycles. The molecule has 11 heteroatoms. The molecule has 2 aromatic rings. The molecular weight excluding hydrogens is 324 g/mol. The minimum atomic E-state index is -4.16. The SMILES string of the molecule is Cn1ncc(Cl)c1S(=O)(=O)Nc1cc([N+](=O)[O-])ccc1O. The smallest absolute Gasteiger partial charge is 0.280 e. The average molecular weight is 333 g/mol. The van der Waals surface area contributed by atoms with Gasteiger partial charge < -0.3 is 5.11 Å². The lowest BCUT2D eigenvalue weighted by molar-refractivity contribution is -0.384. The molecule has 2 rings (SSSR count). The van der Waals surface area contributed by atoms with Crippen LogP contribution in [-0.2, 0) is 17.1 Å². The van der Waals surface area contributed by atoms with Crippen LogP contribution < -0.4 is 4.72 Å². The van der Waals surface area contributed by atoms with Gasteiger partial charge in [0, 0.05) is 19.2 Å². The molecule has 0 aliphatic carbocycles. The fraction of sp³-hybridized carbons (Fsp3) is 0.100. The number of phenolic OH excluding ortho intramolecular Hbond substituents is 1. The second-order valence-corrected chi connectivity index (χ2v) is 5.99. The Balaban J connectivity index is 2.46. The molecule has 0 radical (unpaired) electrons. The van der Waals surface area contributed by atoms with Gasteiger partial charge in [-0.1, -0.05) is 11.6 Å². The molecule has 0 aliphatic rings. The summed E-state index contributed by atoms with van der Waals surface area (Å²) in [5, 5.41) is 23.5. The molecule has 2 N–H and O–H groups in total. The lowest BCUT2D eigenvalue weighted by Gasteiger charge is -2.10. The van der Waals surface area contributed by atoms with E-state index in [1.807, 2.05) is 4.72 Å². The maximum Gasteiger partial charge on any atom is 0.280 e. The Bertz CT molecular complexity index is 797. The van der Waals surface area contributed by atoms with Crippen molar-refractivity contribution in [3.05, 3.63) is 39.5 Å². The van der Waals surface area contributed by atoms with Crippen molar-refractivity contribution in [1.82, 2.24) is 9.78 Å². The van der Waals surface area contributed by atoms with Gasteiger partial charge in [-0.05, 0) is 6.07 Å². The lowest BCUT2D eigenvalue weighted by atomic mass is 10.2. The van der Waals surface area contributed by atoms with Crippen LogP contribution in [0, 0.1) is 10.1 Å². The molecule has 9 nitrogen and oxygen atoms in total. The average Bonchev–Trinajstić information content (AvgIpc) is 2.71. The first kappa shape index (κ1) is 15.1. The van der Waals surface area contributed by atoms with Crippen molar-refractivity contribution in [2.45, 2.75) is 5.03 Å². The number of anilines is 1. The van der Waals surface area contributed by atoms with E-state index in [0.717, 1.165) is 29.1 Å². The summed E-state index contributed by atoms with van der Waals surface area (Å²) in [5.41, 5.74) is -0.705. The van der Waals surface area contributed by atoms with Gasteiger partial charge in [0.25, 0.3) is 15.7 Å². The van der Waals surface area contributed by atoms with Gasteiger partial charge in [-0.3, -0.25) is 19.5 Å². The van der Waals surface area contributed by atoms with Gasteiger partial charge in [-0.2, -0.15) is 13.5 Å². The Hall–Kier alpha value is -2.33. The molecule has 0 amide bonds. The number of aromatic nitrogens is 2. The van der Waals surface area contributed by atoms with E-state index in [0.29, 0.717) is 0 Å². The first-order valence-corrected chi connectivity index (χ1v) is 7.26. The second kappa shape index (κ2) is 5.22. The molecule has 1 aromatic carbocycles. The first-order chi connectivity index (χ1) is 9.72. The number of hydrogen-bond donors (Lipinski definition) is 2. The predicted octanol–water partition coefficient (Wildman–Crippen LogP) is 1.49. The number of phenols is 1. The number of aromatic hydroxyl groups is 1. The van der Waals surface area contributed by atoms with Crippen molar-refractivity contribution >= 4 is 33.0 Å². The molecule has 0 saturated carbocycles. The zero-order valence-corrected chi connectivity index (χ0v) is 12.1.